The number of carboxylic acids is 1. The van der Waals surface area contributed by atoms with E-state index in [1.54, 1.807) is 0 Å². The van der Waals surface area contributed by atoms with Crippen molar-refractivity contribution < 1.29 is 36.3 Å². The highest BCUT2D eigenvalue weighted by Gasteiger charge is 2.33. The molecule has 0 aliphatic rings. The lowest BCUT2D eigenvalue weighted by Gasteiger charge is -2.16. The first kappa shape index (κ1) is 23.8. The maximum absolute atomic E-state index is 13.2. The summed E-state index contributed by atoms with van der Waals surface area (Å²) >= 11 is 0. The average molecular weight is 484 g/mol. The van der Waals surface area contributed by atoms with E-state index in [1.165, 1.54) is 6.92 Å². The molecule has 2 heterocycles. The monoisotopic (exact) mass is 484 g/mol. The van der Waals surface area contributed by atoms with Crippen molar-refractivity contribution in [3.8, 4) is 5.82 Å². The van der Waals surface area contributed by atoms with Gasteiger partial charge in [0.15, 0.2) is 27.2 Å². The van der Waals surface area contributed by atoms with Crippen LogP contribution < -0.4 is 5.32 Å². The summed E-state index contributed by atoms with van der Waals surface area (Å²) in [4.78, 5) is 34.5. The number of carboxylic acid groups (broad SMARTS) is 1. The molecule has 0 fully saturated rings. The van der Waals surface area contributed by atoms with Crippen molar-refractivity contribution in [1.82, 2.24) is 30.0 Å². The quantitative estimate of drug-likeness (QED) is 0.531. The minimum atomic E-state index is -4.87. The number of nitrogens with one attached hydrogen (secondary N) is 1. The molecule has 0 spiro atoms. The Kier molecular flexibility index (Phi) is 6.18. The molecular formula is C18H15F3N6O5S. The molecule has 0 radical (unpaired) electrons. The number of sulfone groups is 1. The van der Waals surface area contributed by atoms with Gasteiger partial charge in [0.2, 0.25) is 0 Å². The van der Waals surface area contributed by atoms with Gasteiger partial charge in [-0.15, -0.1) is 0 Å². The summed E-state index contributed by atoms with van der Waals surface area (Å²) in [5, 5.41) is 15.3. The number of aromatic nitrogens is 5. The van der Waals surface area contributed by atoms with Gasteiger partial charge in [0.25, 0.3) is 5.91 Å². The van der Waals surface area contributed by atoms with Gasteiger partial charge >= 0.3 is 12.1 Å². The highest BCUT2D eigenvalue weighted by molar-refractivity contribution is 7.90. The zero-order chi connectivity index (χ0) is 24.6. The second kappa shape index (κ2) is 8.57. The first-order valence-corrected chi connectivity index (χ1v) is 10.9. The minimum Gasteiger partial charge on any atom is -0.476 e. The number of halogens is 3. The Morgan fingerprint density at radius 1 is 1.12 bits per heavy atom. The lowest BCUT2D eigenvalue weighted by Crippen LogP contribution is -2.29. The van der Waals surface area contributed by atoms with Crippen LogP contribution >= 0.6 is 0 Å². The molecule has 1 atom stereocenters. The molecule has 1 amide bonds. The van der Waals surface area contributed by atoms with Gasteiger partial charge in [-0.1, -0.05) is 0 Å². The van der Waals surface area contributed by atoms with Crippen LogP contribution in [0, 0.1) is 0 Å². The Hall–Kier alpha value is -3.88. The third-order valence-corrected chi connectivity index (χ3v) is 5.40. The Bertz CT molecular complexity index is 1320. The van der Waals surface area contributed by atoms with Crippen LogP contribution in [0.15, 0.2) is 41.8 Å². The molecule has 2 aromatic heterocycles. The van der Waals surface area contributed by atoms with E-state index in [0.29, 0.717) is 12.1 Å². The van der Waals surface area contributed by atoms with Crippen LogP contribution in [-0.2, 0) is 16.0 Å². The van der Waals surface area contributed by atoms with Crippen molar-refractivity contribution in [2.75, 3.05) is 6.26 Å². The van der Waals surface area contributed by atoms with Gasteiger partial charge in [0.05, 0.1) is 28.9 Å². The lowest BCUT2D eigenvalue weighted by molar-refractivity contribution is -0.137. The summed E-state index contributed by atoms with van der Waals surface area (Å²) < 4.78 is 64.4. The molecule has 1 aromatic carbocycles. The summed E-state index contributed by atoms with van der Waals surface area (Å²) in [7, 11) is -4.03. The van der Waals surface area contributed by atoms with Crippen molar-refractivity contribution in [1.29, 1.82) is 0 Å². The summed E-state index contributed by atoms with van der Waals surface area (Å²) in [5.74, 6) is -2.09. The molecule has 33 heavy (non-hydrogen) atoms. The number of hydrogen-bond acceptors (Lipinski definition) is 8. The van der Waals surface area contributed by atoms with Crippen LogP contribution in [0.3, 0.4) is 0 Å². The fourth-order valence-electron chi connectivity index (χ4n) is 2.72. The summed E-state index contributed by atoms with van der Waals surface area (Å²) in [6.07, 6.45) is -0.922. The van der Waals surface area contributed by atoms with E-state index >= 15 is 0 Å². The highest BCUT2D eigenvalue weighted by atomic mass is 32.2. The molecular weight excluding hydrogens is 469 g/mol. The second-order valence-corrected chi connectivity index (χ2v) is 8.82. The largest absolute Gasteiger partial charge is 0.476 e. The molecule has 0 aliphatic carbocycles. The van der Waals surface area contributed by atoms with E-state index in [1.807, 2.05) is 0 Å². The molecule has 0 saturated heterocycles. The van der Waals surface area contributed by atoms with Crippen LogP contribution in [0.5, 0.6) is 0 Å². The predicted molar refractivity (Wildman–Crippen MR) is 104 cm³/mol. The lowest BCUT2D eigenvalue weighted by atomic mass is 10.1. The van der Waals surface area contributed by atoms with Gasteiger partial charge in [0, 0.05) is 11.8 Å². The predicted octanol–water partition coefficient (Wildman–Crippen LogP) is 1.67. The van der Waals surface area contributed by atoms with E-state index in [2.05, 4.69) is 25.4 Å². The van der Waals surface area contributed by atoms with E-state index < -0.39 is 50.0 Å². The number of carbonyl (C=O) groups is 2. The number of hydrogen-bond donors (Lipinski definition) is 2. The summed E-state index contributed by atoms with van der Waals surface area (Å²) in [6, 6.07) is 0.911. The van der Waals surface area contributed by atoms with Gasteiger partial charge in [-0.2, -0.15) is 23.0 Å². The van der Waals surface area contributed by atoms with Crippen molar-refractivity contribution >= 4 is 21.7 Å². The fourth-order valence-corrected chi connectivity index (χ4v) is 3.40. The van der Waals surface area contributed by atoms with Crippen LogP contribution in [-0.4, -0.2) is 56.4 Å². The van der Waals surface area contributed by atoms with Crippen molar-refractivity contribution in [3.63, 3.8) is 0 Å². The molecule has 0 aliphatic heterocycles. The average Bonchev–Trinajstić information content (AvgIpc) is 3.22. The smallest absolute Gasteiger partial charge is 0.416 e. The van der Waals surface area contributed by atoms with Crippen LogP contribution in [0.25, 0.3) is 5.82 Å². The fraction of sp³-hybridized carbons (Fsp3) is 0.222. The van der Waals surface area contributed by atoms with Crippen molar-refractivity contribution in [3.05, 3.63) is 59.6 Å². The van der Waals surface area contributed by atoms with Gasteiger partial charge < -0.3 is 10.4 Å². The van der Waals surface area contributed by atoms with E-state index in [4.69, 9.17) is 5.11 Å². The van der Waals surface area contributed by atoms with Crippen molar-refractivity contribution in [2.24, 2.45) is 0 Å². The maximum atomic E-state index is 13.2. The molecule has 1 unspecified atom stereocenters. The second-order valence-electron chi connectivity index (χ2n) is 6.81. The summed E-state index contributed by atoms with van der Waals surface area (Å²) in [5.41, 5.74) is -2.12. The number of aromatic carboxylic acids is 1. The third kappa shape index (κ3) is 5.31. The Labute approximate surface area is 184 Å². The maximum Gasteiger partial charge on any atom is 0.416 e. The number of amides is 1. The van der Waals surface area contributed by atoms with Crippen LogP contribution in [0.1, 0.15) is 45.2 Å². The molecule has 174 valence electrons. The van der Waals surface area contributed by atoms with Gasteiger partial charge in [-0.05, 0) is 25.1 Å². The molecule has 3 rings (SSSR count). The molecule has 0 bridgehead atoms. The van der Waals surface area contributed by atoms with Crippen LogP contribution in [0.4, 0.5) is 13.2 Å². The van der Waals surface area contributed by atoms with E-state index in [-0.39, 0.29) is 17.3 Å². The van der Waals surface area contributed by atoms with E-state index in [9.17, 15) is 31.2 Å². The molecule has 3 aromatic rings. The number of carbonyl (C=O) groups excluding carboxylic acids is 1. The van der Waals surface area contributed by atoms with E-state index in [0.717, 1.165) is 35.7 Å². The highest BCUT2D eigenvalue weighted by Crippen LogP contribution is 2.32. The van der Waals surface area contributed by atoms with Crippen LogP contribution in [0.2, 0.25) is 0 Å². The normalized spacial score (nSPS) is 12.9. The number of benzene rings is 1. The number of nitrogens with zero attached hydrogens (tertiary/aromatic N) is 5. The Morgan fingerprint density at radius 3 is 2.36 bits per heavy atom. The standard InChI is InChI=1S/C18H15F3N6O5S/c1-9(15-24-8-25-27(15)14-7-22-13(6-23-14)17(29)30)26-16(28)10-3-11(18(19,20)21)5-12(4-10)33(2,31)32/h3-9H,1-2H3,(H,26,28)(H,29,30). The van der Waals surface area contributed by atoms with Gasteiger partial charge in [0.1, 0.15) is 6.33 Å². The first-order chi connectivity index (χ1) is 15.3. The number of rotatable bonds is 6. The first-order valence-electron chi connectivity index (χ1n) is 8.96. The third-order valence-electron chi connectivity index (χ3n) is 4.31. The SMILES string of the molecule is CC(NC(=O)c1cc(C(F)(F)F)cc(S(C)(=O)=O)c1)c1ncnn1-c1cnc(C(=O)O)cn1. The molecule has 0 saturated carbocycles. The zero-order valence-electron chi connectivity index (χ0n) is 16.9. The minimum absolute atomic E-state index is 0.0760. The molecule has 15 heteroatoms. The molecule has 2 N–H and O–H groups in total. The zero-order valence-corrected chi connectivity index (χ0v) is 17.7. The number of alkyl halides is 3. The Morgan fingerprint density at radius 2 is 1.82 bits per heavy atom. The summed E-state index contributed by atoms with van der Waals surface area (Å²) in [6.45, 7) is 1.46. The molecule has 11 nitrogen and oxygen atoms in total. The Balaban J connectivity index is 1.91. The van der Waals surface area contributed by atoms with Gasteiger partial charge in [-0.3, -0.25) is 4.79 Å². The topological polar surface area (TPSA) is 157 Å². The van der Waals surface area contributed by atoms with Crippen molar-refractivity contribution in [2.45, 2.75) is 24.0 Å². The van der Waals surface area contributed by atoms with Gasteiger partial charge in [-0.25, -0.2) is 28.2 Å².